The van der Waals surface area contributed by atoms with Gasteiger partial charge in [-0.1, -0.05) is 17.7 Å². The molecular weight excluding hydrogens is 344 g/mol. The van der Waals surface area contributed by atoms with Gasteiger partial charge in [0.25, 0.3) is 0 Å². The van der Waals surface area contributed by atoms with Crippen LogP contribution in [-0.2, 0) is 4.79 Å². The number of aryl methyl sites for hydroxylation is 1. The maximum absolute atomic E-state index is 12.1. The van der Waals surface area contributed by atoms with Crippen LogP contribution in [0.25, 0.3) is 0 Å². The molecule has 7 heteroatoms. The first-order chi connectivity index (χ1) is 13.0. The Bertz CT molecular complexity index is 870. The third-order valence-corrected chi connectivity index (χ3v) is 4.80. The number of nitriles is 1. The summed E-state index contributed by atoms with van der Waals surface area (Å²) in [5.74, 6) is 0.328. The van der Waals surface area contributed by atoms with E-state index in [-0.39, 0.29) is 0 Å². The van der Waals surface area contributed by atoms with Gasteiger partial charge in [-0.15, -0.1) is 0 Å². The van der Waals surface area contributed by atoms with Gasteiger partial charge in [0.2, 0.25) is 0 Å². The second-order valence-corrected chi connectivity index (χ2v) is 6.50. The number of carboxylic acid groups (broad SMARTS) is 1. The Balaban J connectivity index is 1.82. The quantitative estimate of drug-likeness (QED) is 0.868. The van der Waals surface area contributed by atoms with Gasteiger partial charge >= 0.3 is 5.97 Å². The molecule has 0 amide bonds. The first-order valence-corrected chi connectivity index (χ1v) is 8.76. The van der Waals surface area contributed by atoms with E-state index in [2.05, 4.69) is 11.1 Å². The van der Waals surface area contributed by atoms with Crippen LogP contribution in [0.3, 0.4) is 0 Å². The van der Waals surface area contributed by atoms with E-state index in [1.165, 1.54) is 0 Å². The molecule has 1 atom stereocenters. The van der Waals surface area contributed by atoms with Gasteiger partial charge < -0.3 is 14.7 Å². The highest BCUT2D eigenvalue weighted by atomic mass is 16.5. The predicted molar refractivity (Wildman–Crippen MR) is 101 cm³/mol. The van der Waals surface area contributed by atoms with E-state index in [0.29, 0.717) is 48.9 Å². The smallest absolute Gasteiger partial charge is 0.325 e. The normalized spacial score (nSPS) is 15.8. The molecule has 0 aliphatic carbocycles. The van der Waals surface area contributed by atoms with Gasteiger partial charge in [0.1, 0.15) is 23.7 Å². The van der Waals surface area contributed by atoms with Crippen molar-refractivity contribution in [2.45, 2.75) is 13.0 Å². The third kappa shape index (κ3) is 3.86. The summed E-state index contributed by atoms with van der Waals surface area (Å²) in [6, 6.07) is 10.5. The fourth-order valence-corrected chi connectivity index (χ4v) is 3.48. The van der Waals surface area contributed by atoms with Crippen molar-refractivity contribution in [2.75, 3.05) is 38.2 Å². The van der Waals surface area contributed by atoms with E-state index in [4.69, 9.17) is 4.74 Å². The Morgan fingerprint density at radius 1 is 1.30 bits per heavy atom. The molecule has 2 aromatic rings. The van der Waals surface area contributed by atoms with Gasteiger partial charge in [-0.05, 0) is 25.1 Å². The predicted octanol–water partition coefficient (Wildman–Crippen LogP) is 2.22. The Morgan fingerprint density at radius 2 is 2.04 bits per heavy atom. The number of pyridine rings is 1. The number of rotatable bonds is 5. The Labute approximate surface area is 158 Å². The van der Waals surface area contributed by atoms with Crippen molar-refractivity contribution in [2.24, 2.45) is 0 Å². The van der Waals surface area contributed by atoms with Crippen LogP contribution in [0.15, 0.2) is 36.5 Å². The number of benzene rings is 1. The minimum atomic E-state index is -0.900. The number of anilines is 1. The first kappa shape index (κ1) is 18.7. The number of piperazine rings is 1. The van der Waals surface area contributed by atoms with Gasteiger partial charge in [-0.25, -0.2) is 4.98 Å². The number of carboxylic acids is 1. The fraction of sp³-hybridized carbons (Fsp3) is 0.350. The molecule has 1 aliphatic heterocycles. The Kier molecular flexibility index (Phi) is 5.57. The molecule has 0 saturated carbocycles. The van der Waals surface area contributed by atoms with Crippen molar-refractivity contribution >= 4 is 11.8 Å². The summed E-state index contributed by atoms with van der Waals surface area (Å²) in [5, 5.41) is 19.2. The molecular formula is C20H22N4O3. The molecule has 7 nitrogen and oxygen atoms in total. The van der Waals surface area contributed by atoms with Crippen LogP contribution in [0.4, 0.5) is 5.82 Å². The number of hydrogen-bond acceptors (Lipinski definition) is 6. The molecule has 1 aliphatic rings. The van der Waals surface area contributed by atoms with Crippen LogP contribution in [0, 0.1) is 18.3 Å². The number of hydrogen-bond donors (Lipinski definition) is 1. The van der Waals surface area contributed by atoms with E-state index < -0.39 is 12.0 Å². The van der Waals surface area contributed by atoms with E-state index in [9.17, 15) is 15.2 Å². The monoisotopic (exact) mass is 366 g/mol. The van der Waals surface area contributed by atoms with Gasteiger partial charge in [0, 0.05) is 37.9 Å². The summed E-state index contributed by atoms with van der Waals surface area (Å²) in [6.45, 7) is 4.24. The summed E-state index contributed by atoms with van der Waals surface area (Å²) in [7, 11) is 1.55. The van der Waals surface area contributed by atoms with Crippen LogP contribution in [0.2, 0.25) is 0 Å². The van der Waals surface area contributed by atoms with Crippen molar-refractivity contribution in [3.8, 4) is 11.8 Å². The van der Waals surface area contributed by atoms with E-state index in [1.807, 2.05) is 34.9 Å². The highest BCUT2D eigenvalue weighted by Gasteiger charge is 2.33. The Hall–Kier alpha value is -3.11. The zero-order valence-electron chi connectivity index (χ0n) is 15.4. The molecule has 3 rings (SSSR count). The summed E-state index contributed by atoms with van der Waals surface area (Å²) >= 11 is 0. The number of nitrogens with zero attached hydrogens (tertiary/aromatic N) is 4. The van der Waals surface area contributed by atoms with Crippen LogP contribution in [-0.4, -0.2) is 54.2 Å². The maximum atomic E-state index is 12.1. The zero-order valence-corrected chi connectivity index (χ0v) is 15.4. The van der Waals surface area contributed by atoms with Crippen molar-refractivity contribution in [1.29, 1.82) is 5.26 Å². The molecule has 0 radical (unpaired) electrons. The second kappa shape index (κ2) is 8.06. The number of aliphatic carboxylic acids is 1. The average Bonchev–Trinajstić information content (AvgIpc) is 2.68. The lowest BCUT2D eigenvalue weighted by molar-refractivity contribution is -0.143. The summed E-state index contributed by atoms with van der Waals surface area (Å²) in [4.78, 5) is 20.4. The molecule has 0 unspecified atom stereocenters. The lowest BCUT2D eigenvalue weighted by Crippen LogP contribution is -2.49. The van der Waals surface area contributed by atoms with Gasteiger partial charge in [-0.2, -0.15) is 5.26 Å². The fourth-order valence-electron chi connectivity index (χ4n) is 3.48. The average molecular weight is 366 g/mol. The van der Waals surface area contributed by atoms with Crippen molar-refractivity contribution in [3.63, 3.8) is 0 Å². The molecule has 1 aromatic heterocycles. The van der Waals surface area contributed by atoms with E-state index in [1.54, 1.807) is 25.4 Å². The number of aromatic nitrogens is 1. The topological polar surface area (TPSA) is 89.7 Å². The minimum absolute atomic E-state index is 0.529. The highest BCUT2D eigenvalue weighted by Crippen LogP contribution is 2.32. The largest absolute Gasteiger partial charge is 0.496 e. The Morgan fingerprint density at radius 3 is 2.67 bits per heavy atom. The SMILES string of the molecule is COc1ccc(C)cc1[C@H](C(=O)O)N1CCN(c2ncccc2C#N)CC1. The number of carbonyl (C=O) groups is 1. The van der Waals surface area contributed by atoms with Crippen molar-refractivity contribution in [3.05, 3.63) is 53.2 Å². The molecule has 1 N–H and O–H groups in total. The molecule has 1 aromatic carbocycles. The first-order valence-electron chi connectivity index (χ1n) is 8.76. The molecule has 140 valence electrons. The maximum Gasteiger partial charge on any atom is 0.325 e. The molecule has 1 fully saturated rings. The summed E-state index contributed by atoms with van der Waals surface area (Å²) < 4.78 is 5.40. The van der Waals surface area contributed by atoms with Crippen LogP contribution >= 0.6 is 0 Å². The van der Waals surface area contributed by atoms with Crippen molar-refractivity contribution < 1.29 is 14.6 Å². The molecule has 27 heavy (non-hydrogen) atoms. The lowest BCUT2D eigenvalue weighted by Gasteiger charge is -2.38. The molecule has 1 saturated heterocycles. The summed E-state index contributed by atoms with van der Waals surface area (Å²) in [5.41, 5.74) is 2.18. The van der Waals surface area contributed by atoms with Gasteiger partial charge in [0.05, 0.1) is 12.7 Å². The standard InChI is InChI=1S/C20H22N4O3/c1-14-5-6-17(27-2)16(12-14)18(20(25)26)23-8-10-24(11-9-23)19-15(13-21)4-3-7-22-19/h3-7,12,18H,8-11H2,1-2H3,(H,25,26)/t18-/m1/s1. The van der Waals surface area contributed by atoms with Crippen molar-refractivity contribution in [1.82, 2.24) is 9.88 Å². The van der Waals surface area contributed by atoms with E-state index >= 15 is 0 Å². The number of ether oxygens (including phenoxy) is 1. The molecule has 0 spiro atoms. The lowest BCUT2D eigenvalue weighted by atomic mass is 10.0. The highest BCUT2D eigenvalue weighted by molar-refractivity contribution is 5.77. The number of methoxy groups -OCH3 is 1. The van der Waals surface area contributed by atoms with Gasteiger partial charge in [0.15, 0.2) is 0 Å². The molecule has 0 bridgehead atoms. The summed E-state index contributed by atoms with van der Waals surface area (Å²) in [6.07, 6.45) is 1.67. The van der Waals surface area contributed by atoms with Gasteiger partial charge in [-0.3, -0.25) is 9.69 Å². The zero-order chi connectivity index (χ0) is 19.4. The molecule has 2 heterocycles. The van der Waals surface area contributed by atoms with Crippen LogP contribution < -0.4 is 9.64 Å². The minimum Gasteiger partial charge on any atom is -0.496 e. The van der Waals surface area contributed by atoms with Crippen LogP contribution in [0.1, 0.15) is 22.7 Å². The second-order valence-electron chi connectivity index (χ2n) is 6.50. The third-order valence-electron chi connectivity index (χ3n) is 4.80. The van der Waals surface area contributed by atoms with Crippen LogP contribution in [0.5, 0.6) is 5.75 Å². The van der Waals surface area contributed by atoms with E-state index in [0.717, 1.165) is 5.56 Å².